The molecule has 0 radical (unpaired) electrons. The van der Waals surface area contributed by atoms with E-state index >= 15 is 0 Å². The number of esters is 3. The third-order valence-electron chi connectivity index (χ3n) is 4.91. The highest BCUT2D eigenvalue weighted by Gasteiger charge is 2.59. The number of hydrogen-bond donors (Lipinski definition) is 0. The standard InChI is InChI=1S/C16H20O6/c1-2-12(17)20-7-3-4-13(18)21-14-9-5-6-10-11(8-9)16(19)22-15(10)14/h2,9-11,14-15H,1,3-8H2. The van der Waals surface area contributed by atoms with Gasteiger partial charge in [0.05, 0.1) is 12.5 Å². The number of carbonyl (C=O) groups is 3. The molecule has 5 unspecified atom stereocenters. The quantitative estimate of drug-likeness (QED) is 0.319. The molecule has 0 N–H and O–H groups in total. The molecular formula is C16H20O6. The lowest BCUT2D eigenvalue weighted by Crippen LogP contribution is -2.50. The Balaban J connectivity index is 1.47. The van der Waals surface area contributed by atoms with Crippen LogP contribution in [0.25, 0.3) is 0 Å². The molecule has 0 aromatic heterocycles. The Hall–Kier alpha value is -1.85. The van der Waals surface area contributed by atoms with E-state index in [0.717, 1.165) is 25.3 Å². The van der Waals surface area contributed by atoms with Crippen molar-refractivity contribution in [2.75, 3.05) is 6.61 Å². The summed E-state index contributed by atoms with van der Waals surface area (Å²) in [6, 6.07) is 0. The minimum absolute atomic E-state index is 0.0111. The third-order valence-corrected chi connectivity index (χ3v) is 4.91. The summed E-state index contributed by atoms with van der Waals surface area (Å²) in [5.41, 5.74) is 0. The molecule has 0 aromatic rings. The van der Waals surface area contributed by atoms with Gasteiger partial charge in [-0.15, -0.1) is 0 Å². The highest BCUT2D eigenvalue weighted by molar-refractivity contribution is 5.81. The van der Waals surface area contributed by atoms with Crippen LogP contribution in [0.1, 0.15) is 32.1 Å². The number of hydrogen-bond acceptors (Lipinski definition) is 6. The summed E-state index contributed by atoms with van der Waals surface area (Å²) in [6.45, 7) is 3.46. The zero-order chi connectivity index (χ0) is 15.7. The monoisotopic (exact) mass is 308 g/mol. The first-order valence-electron chi connectivity index (χ1n) is 7.79. The molecule has 22 heavy (non-hydrogen) atoms. The van der Waals surface area contributed by atoms with Gasteiger partial charge in [0.2, 0.25) is 0 Å². The molecule has 0 aromatic carbocycles. The minimum atomic E-state index is -0.498. The van der Waals surface area contributed by atoms with Crippen molar-refractivity contribution in [2.24, 2.45) is 17.8 Å². The first-order chi connectivity index (χ1) is 10.6. The van der Waals surface area contributed by atoms with Crippen LogP contribution >= 0.6 is 0 Å². The number of carbonyl (C=O) groups excluding carboxylic acids is 3. The van der Waals surface area contributed by atoms with E-state index in [4.69, 9.17) is 14.2 Å². The maximum Gasteiger partial charge on any atom is 0.330 e. The molecule has 4 rings (SSSR count). The molecule has 3 saturated carbocycles. The van der Waals surface area contributed by atoms with E-state index in [1.807, 2.05) is 0 Å². The fourth-order valence-electron chi connectivity index (χ4n) is 3.90. The molecule has 4 fully saturated rings. The molecule has 120 valence electrons. The van der Waals surface area contributed by atoms with Gasteiger partial charge in [0.15, 0.2) is 0 Å². The molecule has 1 aliphatic heterocycles. The topological polar surface area (TPSA) is 78.9 Å². The highest BCUT2D eigenvalue weighted by Crippen LogP contribution is 2.52. The average Bonchev–Trinajstić information content (AvgIpc) is 2.80. The van der Waals surface area contributed by atoms with Gasteiger partial charge in [0.25, 0.3) is 0 Å². The molecule has 0 spiro atoms. The second kappa shape index (κ2) is 6.10. The SMILES string of the molecule is C=CC(=O)OCCCC(=O)OC1C2CCC3C(C2)C(=O)OC31. The normalized spacial score (nSPS) is 34.9. The van der Waals surface area contributed by atoms with Gasteiger partial charge < -0.3 is 14.2 Å². The van der Waals surface area contributed by atoms with Crippen LogP contribution in [0, 0.1) is 17.8 Å². The van der Waals surface area contributed by atoms with Crippen molar-refractivity contribution in [1.29, 1.82) is 0 Å². The number of fused-ring (bicyclic) bond motifs is 1. The number of ether oxygens (including phenoxy) is 3. The summed E-state index contributed by atoms with van der Waals surface area (Å²) in [5.74, 6) is -0.502. The van der Waals surface area contributed by atoms with Crippen LogP contribution in [0.4, 0.5) is 0 Å². The van der Waals surface area contributed by atoms with Crippen LogP contribution in [0.3, 0.4) is 0 Å². The minimum Gasteiger partial charge on any atom is -0.463 e. The maximum atomic E-state index is 11.9. The fourth-order valence-corrected chi connectivity index (χ4v) is 3.90. The van der Waals surface area contributed by atoms with Gasteiger partial charge >= 0.3 is 17.9 Å². The van der Waals surface area contributed by atoms with Gasteiger partial charge in [-0.05, 0) is 25.7 Å². The van der Waals surface area contributed by atoms with E-state index in [2.05, 4.69) is 6.58 Å². The Labute approximate surface area is 128 Å². The molecule has 1 saturated heterocycles. The average molecular weight is 308 g/mol. The second-order valence-corrected chi connectivity index (χ2v) is 6.17. The summed E-state index contributed by atoms with van der Waals surface area (Å²) < 4.78 is 15.8. The summed E-state index contributed by atoms with van der Waals surface area (Å²) in [4.78, 5) is 34.6. The van der Waals surface area contributed by atoms with Gasteiger partial charge in [-0.3, -0.25) is 9.59 Å². The Morgan fingerprint density at radius 1 is 1.36 bits per heavy atom. The van der Waals surface area contributed by atoms with Gasteiger partial charge in [0, 0.05) is 24.3 Å². The second-order valence-electron chi connectivity index (χ2n) is 6.17. The Bertz CT molecular complexity index is 499. The van der Waals surface area contributed by atoms with Crippen molar-refractivity contribution in [2.45, 2.75) is 44.3 Å². The lowest BCUT2D eigenvalue weighted by molar-refractivity contribution is -0.172. The Morgan fingerprint density at radius 3 is 2.95 bits per heavy atom. The lowest BCUT2D eigenvalue weighted by atomic mass is 9.63. The van der Waals surface area contributed by atoms with Crippen LogP contribution in [-0.2, 0) is 28.6 Å². The van der Waals surface area contributed by atoms with Crippen molar-refractivity contribution >= 4 is 17.9 Å². The predicted molar refractivity (Wildman–Crippen MR) is 74.5 cm³/mol. The van der Waals surface area contributed by atoms with E-state index in [-0.39, 0.29) is 54.9 Å². The zero-order valence-corrected chi connectivity index (χ0v) is 12.4. The predicted octanol–water partition coefficient (Wildman–Crippen LogP) is 1.38. The van der Waals surface area contributed by atoms with Gasteiger partial charge in [-0.25, -0.2) is 4.79 Å². The van der Waals surface area contributed by atoms with Crippen LogP contribution in [-0.4, -0.2) is 36.7 Å². The van der Waals surface area contributed by atoms with Crippen LogP contribution in [0.2, 0.25) is 0 Å². The highest BCUT2D eigenvalue weighted by atomic mass is 16.6. The lowest BCUT2D eigenvalue weighted by Gasteiger charge is -2.43. The Morgan fingerprint density at radius 2 is 2.18 bits per heavy atom. The number of rotatable bonds is 6. The summed E-state index contributed by atoms with van der Waals surface area (Å²) >= 11 is 0. The summed E-state index contributed by atoms with van der Waals surface area (Å²) in [7, 11) is 0. The smallest absolute Gasteiger partial charge is 0.330 e. The van der Waals surface area contributed by atoms with E-state index < -0.39 is 5.97 Å². The molecule has 6 heteroatoms. The van der Waals surface area contributed by atoms with Crippen molar-refractivity contribution in [1.82, 2.24) is 0 Å². The molecule has 5 atom stereocenters. The molecule has 4 aliphatic rings. The summed E-state index contributed by atoms with van der Waals surface area (Å²) in [6.07, 6.45) is 3.86. The van der Waals surface area contributed by atoms with Crippen LogP contribution in [0.15, 0.2) is 12.7 Å². The van der Waals surface area contributed by atoms with E-state index in [1.54, 1.807) is 0 Å². The molecule has 4 bridgehead atoms. The third kappa shape index (κ3) is 2.74. The van der Waals surface area contributed by atoms with Gasteiger partial charge in [-0.2, -0.15) is 0 Å². The largest absolute Gasteiger partial charge is 0.463 e. The molecule has 1 heterocycles. The molecule has 6 nitrogen and oxygen atoms in total. The van der Waals surface area contributed by atoms with Crippen molar-refractivity contribution < 1.29 is 28.6 Å². The van der Waals surface area contributed by atoms with Gasteiger partial charge in [0.1, 0.15) is 12.2 Å². The van der Waals surface area contributed by atoms with Gasteiger partial charge in [-0.1, -0.05) is 6.58 Å². The molecular weight excluding hydrogens is 288 g/mol. The van der Waals surface area contributed by atoms with E-state index in [9.17, 15) is 14.4 Å². The first kappa shape index (κ1) is 15.1. The van der Waals surface area contributed by atoms with Crippen LogP contribution in [0.5, 0.6) is 0 Å². The molecule has 3 aliphatic carbocycles. The van der Waals surface area contributed by atoms with Crippen LogP contribution < -0.4 is 0 Å². The van der Waals surface area contributed by atoms with E-state index in [1.165, 1.54) is 0 Å². The first-order valence-corrected chi connectivity index (χ1v) is 7.79. The van der Waals surface area contributed by atoms with Crippen molar-refractivity contribution in [3.8, 4) is 0 Å². The van der Waals surface area contributed by atoms with Crippen molar-refractivity contribution in [3.63, 3.8) is 0 Å². The Kier molecular flexibility index (Phi) is 4.18. The van der Waals surface area contributed by atoms with Crippen molar-refractivity contribution in [3.05, 3.63) is 12.7 Å². The maximum absolute atomic E-state index is 11.9. The summed E-state index contributed by atoms with van der Waals surface area (Å²) in [5, 5.41) is 0. The van der Waals surface area contributed by atoms with E-state index in [0.29, 0.717) is 6.42 Å². The molecule has 0 amide bonds. The fraction of sp³-hybridized carbons (Fsp3) is 0.688. The zero-order valence-electron chi connectivity index (χ0n) is 12.4.